The van der Waals surface area contributed by atoms with Gasteiger partial charge in [0.2, 0.25) is 0 Å². The molecule has 1 aromatic carbocycles. The summed E-state index contributed by atoms with van der Waals surface area (Å²) in [5.41, 5.74) is 2.50. The Kier molecular flexibility index (Phi) is 3.89. The highest BCUT2D eigenvalue weighted by Crippen LogP contribution is 2.32. The fourth-order valence-electron chi connectivity index (χ4n) is 2.07. The standard InChI is InChI=1S/C14H22N2O/c1-10(2)11-4-5-14-13(8-11)16-12(9-17-14)6-7-15-3/h4-5,8,10,12,15-16H,6-7,9H2,1-3H3. The third-order valence-electron chi connectivity index (χ3n) is 3.21. The van der Waals surface area contributed by atoms with Crippen LogP contribution < -0.4 is 15.4 Å². The normalized spacial score (nSPS) is 18.5. The van der Waals surface area contributed by atoms with Crippen LogP contribution in [0.3, 0.4) is 0 Å². The first-order valence-corrected chi connectivity index (χ1v) is 6.38. The van der Waals surface area contributed by atoms with Crippen LogP contribution >= 0.6 is 0 Å². The summed E-state index contributed by atoms with van der Waals surface area (Å²) < 4.78 is 5.78. The Hall–Kier alpha value is -1.22. The molecule has 1 heterocycles. The summed E-state index contributed by atoms with van der Waals surface area (Å²) in [5, 5.41) is 6.74. The van der Waals surface area contributed by atoms with Crippen LogP contribution in [0.4, 0.5) is 5.69 Å². The number of ether oxygens (including phenoxy) is 1. The van der Waals surface area contributed by atoms with E-state index in [0.29, 0.717) is 12.0 Å². The maximum absolute atomic E-state index is 5.78. The summed E-state index contributed by atoms with van der Waals surface area (Å²) in [6.45, 7) is 6.20. The molecule has 2 rings (SSSR count). The minimum Gasteiger partial charge on any atom is -0.489 e. The smallest absolute Gasteiger partial charge is 0.142 e. The highest BCUT2D eigenvalue weighted by molar-refractivity contribution is 5.60. The van der Waals surface area contributed by atoms with E-state index in [1.807, 2.05) is 7.05 Å². The molecular weight excluding hydrogens is 212 g/mol. The second kappa shape index (κ2) is 5.41. The molecule has 0 aliphatic carbocycles. The molecule has 1 aliphatic heterocycles. The minimum absolute atomic E-state index is 0.414. The van der Waals surface area contributed by atoms with Crippen molar-refractivity contribution in [1.29, 1.82) is 0 Å². The lowest BCUT2D eigenvalue weighted by molar-refractivity contribution is 0.278. The van der Waals surface area contributed by atoms with Gasteiger partial charge in [0.05, 0.1) is 11.7 Å². The van der Waals surface area contributed by atoms with E-state index in [9.17, 15) is 0 Å². The van der Waals surface area contributed by atoms with E-state index in [2.05, 4.69) is 42.7 Å². The number of fused-ring (bicyclic) bond motifs is 1. The number of rotatable bonds is 4. The first-order valence-electron chi connectivity index (χ1n) is 6.38. The molecule has 0 radical (unpaired) electrons. The van der Waals surface area contributed by atoms with Crippen molar-refractivity contribution in [2.24, 2.45) is 0 Å². The second-order valence-corrected chi connectivity index (χ2v) is 4.95. The van der Waals surface area contributed by atoms with E-state index in [-0.39, 0.29) is 0 Å². The van der Waals surface area contributed by atoms with E-state index in [4.69, 9.17) is 4.74 Å². The predicted molar refractivity (Wildman–Crippen MR) is 72.0 cm³/mol. The molecule has 3 nitrogen and oxygen atoms in total. The van der Waals surface area contributed by atoms with Gasteiger partial charge in [-0.15, -0.1) is 0 Å². The fourth-order valence-corrected chi connectivity index (χ4v) is 2.07. The first-order chi connectivity index (χ1) is 8.20. The Labute approximate surface area is 104 Å². The topological polar surface area (TPSA) is 33.3 Å². The Morgan fingerprint density at radius 2 is 2.29 bits per heavy atom. The number of anilines is 1. The molecule has 17 heavy (non-hydrogen) atoms. The molecule has 0 bridgehead atoms. The van der Waals surface area contributed by atoms with Crippen LogP contribution in [0.15, 0.2) is 18.2 Å². The van der Waals surface area contributed by atoms with E-state index < -0.39 is 0 Å². The Morgan fingerprint density at radius 1 is 1.47 bits per heavy atom. The van der Waals surface area contributed by atoms with E-state index in [1.54, 1.807) is 0 Å². The van der Waals surface area contributed by atoms with Crippen LogP contribution in [0, 0.1) is 0 Å². The zero-order chi connectivity index (χ0) is 12.3. The number of hydrogen-bond acceptors (Lipinski definition) is 3. The molecule has 1 atom stereocenters. The Balaban J connectivity index is 2.09. The molecule has 2 N–H and O–H groups in total. The van der Waals surface area contributed by atoms with Crippen LogP contribution in [0.5, 0.6) is 5.75 Å². The molecule has 94 valence electrons. The lowest BCUT2D eigenvalue weighted by Gasteiger charge is -2.28. The lowest BCUT2D eigenvalue weighted by Crippen LogP contribution is -2.33. The van der Waals surface area contributed by atoms with E-state index in [1.165, 1.54) is 5.56 Å². The summed E-state index contributed by atoms with van der Waals surface area (Å²) >= 11 is 0. The Bertz CT molecular complexity index is 376. The maximum atomic E-state index is 5.78. The zero-order valence-corrected chi connectivity index (χ0v) is 10.9. The third kappa shape index (κ3) is 2.91. The van der Waals surface area contributed by atoms with Gasteiger partial charge in [-0.05, 0) is 43.6 Å². The van der Waals surface area contributed by atoms with Gasteiger partial charge < -0.3 is 15.4 Å². The van der Waals surface area contributed by atoms with Crippen molar-refractivity contribution >= 4 is 5.69 Å². The van der Waals surface area contributed by atoms with Crippen LogP contribution in [0.1, 0.15) is 31.7 Å². The molecule has 0 amide bonds. The molecular formula is C14H22N2O. The van der Waals surface area contributed by atoms with Gasteiger partial charge in [-0.3, -0.25) is 0 Å². The molecule has 0 fully saturated rings. The van der Waals surface area contributed by atoms with Gasteiger partial charge in [-0.1, -0.05) is 19.9 Å². The van der Waals surface area contributed by atoms with Crippen molar-refractivity contribution in [3.63, 3.8) is 0 Å². The monoisotopic (exact) mass is 234 g/mol. The van der Waals surface area contributed by atoms with Gasteiger partial charge in [-0.2, -0.15) is 0 Å². The molecule has 0 saturated heterocycles. The average Bonchev–Trinajstić information content (AvgIpc) is 2.35. The number of benzene rings is 1. The Morgan fingerprint density at radius 3 is 3.00 bits per heavy atom. The van der Waals surface area contributed by atoms with E-state index >= 15 is 0 Å². The summed E-state index contributed by atoms with van der Waals surface area (Å²) in [5.74, 6) is 1.54. The highest BCUT2D eigenvalue weighted by atomic mass is 16.5. The van der Waals surface area contributed by atoms with Crippen LogP contribution in [0.25, 0.3) is 0 Å². The summed E-state index contributed by atoms with van der Waals surface area (Å²) in [6.07, 6.45) is 1.09. The molecule has 1 aromatic rings. The quantitative estimate of drug-likeness (QED) is 0.840. The number of nitrogens with one attached hydrogen (secondary N) is 2. The average molecular weight is 234 g/mol. The van der Waals surface area contributed by atoms with Crippen molar-refractivity contribution in [2.45, 2.75) is 32.2 Å². The van der Waals surface area contributed by atoms with Crippen molar-refractivity contribution in [3.8, 4) is 5.75 Å². The van der Waals surface area contributed by atoms with Crippen molar-refractivity contribution in [3.05, 3.63) is 23.8 Å². The molecule has 1 aliphatic rings. The molecule has 0 aromatic heterocycles. The maximum Gasteiger partial charge on any atom is 0.142 e. The minimum atomic E-state index is 0.414. The predicted octanol–water partition coefficient (Wildman–Crippen LogP) is 2.59. The van der Waals surface area contributed by atoms with Crippen LogP contribution in [-0.2, 0) is 0 Å². The van der Waals surface area contributed by atoms with Crippen LogP contribution in [-0.4, -0.2) is 26.2 Å². The van der Waals surface area contributed by atoms with Gasteiger partial charge in [0, 0.05) is 0 Å². The lowest BCUT2D eigenvalue weighted by atomic mass is 10.0. The molecule has 1 unspecified atom stereocenters. The zero-order valence-electron chi connectivity index (χ0n) is 10.9. The summed E-state index contributed by atoms with van der Waals surface area (Å²) in [4.78, 5) is 0. The van der Waals surface area contributed by atoms with Gasteiger partial charge >= 0.3 is 0 Å². The summed E-state index contributed by atoms with van der Waals surface area (Å²) in [7, 11) is 1.98. The number of hydrogen-bond donors (Lipinski definition) is 2. The van der Waals surface area contributed by atoms with Gasteiger partial charge in [0.15, 0.2) is 0 Å². The van der Waals surface area contributed by atoms with Gasteiger partial charge in [0.25, 0.3) is 0 Å². The van der Waals surface area contributed by atoms with E-state index in [0.717, 1.165) is 31.0 Å². The second-order valence-electron chi connectivity index (χ2n) is 4.95. The largest absolute Gasteiger partial charge is 0.489 e. The highest BCUT2D eigenvalue weighted by Gasteiger charge is 2.18. The SMILES string of the molecule is CNCCC1COc2ccc(C(C)C)cc2N1. The molecule has 3 heteroatoms. The van der Waals surface area contributed by atoms with Crippen molar-refractivity contribution in [1.82, 2.24) is 5.32 Å². The fraction of sp³-hybridized carbons (Fsp3) is 0.571. The molecule has 0 spiro atoms. The van der Waals surface area contributed by atoms with Gasteiger partial charge in [-0.25, -0.2) is 0 Å². The van der Waals surface area contributed by atoms with Gasteiger partial charge in [0.1, 0.15) is 12.4 Å². The molecule has 0 saturated carbocycles. The first kappa shape index (κ1) is 12.2. The third-order valence-corrected chi connectivity index (χ3v) is 3.21. The van der Waals surface area contributed by atoms with Crippen LogP contribution in [0.2, 0.25) is 0 Å². The summed E-state index contributed by atoms with van der Waals surface area (Å²) in [6, 6.07) is 6.86. The van der Waals surface area contributed by atoms with Crippen molar-refractivity contribution < 1.29 is 4.74 Å². The van der Waals surface area contributed by atoms with Crippen molar-refractivity contribution in [2.75, 3.05) is 25.5 Å².